The summed E-state index contributed by atoms with van der Waals surface area (Å²) in [5.41, 5.74) is 0.0955. The average Bonchev–Trinajstić information content (AvgIpc) is 2.68. The first-order valence-corrected chi connectivity index (χ1v) is 8.22. The third kappa shape index (κ3) is 4.04. The predicted molar refractivity (Wildman–Crippen MR) is 101 cm³/mol. The van der Waals surface area contributed by atoms with Gasteiger partial charge in [0.25, 0.3) is 5.91 Å². The Labute approximate surface area is 159 Å². The van der Waals surface area contributed by atoms with E-state index in [1.807, 2.05) is 0 Å². The van der Waals surface area contributed by atoms with Gasteiger partial charge in [0.1, 0.15) is 0 Å². The van der Waals surface area contributed by atoms with Gasteiger partial charge in [-0.2, -0.15) is 5.10 Å². The van der Waals surface area contributed by atoms with Crippen LogP contribution in [0, 0.1) is 0 Å². The van der Waals surface area contributed by atoms with Crippen LogP contribution in [0.3, 0.4) is 0 Å². The van der Waals surface area contributed by atoms with Crippen LogP contribution in [0.2, 0.25) is 5.02 Å². The van der Waals surface area contributed by atoms with Gasteiger partial charge in [0, 0.05) is 17.3 Å². The van der Waals surface area contributed by atoms with Gasteiger partial charge in [-0.15, -0.1) is 0 Å². The quantitative estimate of drug-likeness (QED) is 0.699. The van der Waals surface area contributed by atoms with Gasteiger partial charge in [0.05, 0.1) is 24.0 Å². The number of amides is 1. The van der Waals surface area contributed by atoms with Crippen molar-refractivity contribution < 1.29 is 14.3 Å². The summed E-state index contributed by atoms with van der Waals surface area (Å²) >= 11 is 5.97. The summed E-state index contributed by atoms with van der Waals surface area (Å²) in [7, 11) is 1.24. The Morgan fingerprint density at radius 1 is 1.11 bits per heavy atom. The van der Waals surface area contributed by atoms with Crippen LogP contribution in [0.25, 0.3) is 5.69 Å². The van der Waals surface area contributed by atoms with E-state index in [0.717, 1.165) is 0 Å². The fourth-order valence-corrected chi connectivity index (χ4v) is 2.57. The monoisotopic (exact) mass is 383 g/mol. The molecule has 0 radical (unpaired) electrons. The Balaban J connectivity index is 1.95. The fourth-order valence-electron chi connectivity index (χ4n) is 2.39. The lowest BCUT2D eigenvalue weighted by Crippen LogP contribution is -2.26. The summed E-state index contributed by atoms with van der Waals surface area (Å²) in [6.07, 6.45) is 1.44. The molecule has 3 rings (SSSR count). The van der Waals surface area contributed by atoms with E-state index in [1.54, 1.807) is 36.4 Å². The lowest BCUT2D eigenvalue weighted by atomic mass is 10.1. The van der Waals surface area contributed by atoms with Crippen LogP contribution in [0.15, 0.2) is 65.6 Å². The normalized spacial score (nSPS) is 10.3. The molecule has 0 bridgehead atoms. The molecule has 1 aromatic heterocycles. The molecule has 0 spiro atoms. The van der Waals surface area contributed by atoms with Crippen molar-refractivity contribution in [3.63, 3.8) is 0 Å². The van der Waals surface area contributed by atoms with E-state index in [0.29, 0.717) is 10.7 Å². The molecule has 0 aliphatic carbocycles. The third-order valence-electron chi connectivity index (χ3n) is 3.68. The summed E-state index contributed by atoms with van der Waals surface area (Å²) in [4.78, 5) is 36.5. The van der Waals surface area contributed by atoms with Crippen LogP contribution in [-0.2, 0) is 4.74 Å². The highest BCUT2D eigenvalue weighted by molar-refractivity contribution is 6.30. The van der Waals surface area contributed by atoms with Crippen LogP contribution in [0.1, 0.15) is 20.8 Å². The number of carbonyl (C=O) groups excluding carboxylic acids is 2. The number of anilines is 1. The molecule has 1 heterocycles. The number of halogens is 1. The first-order valence-electron chi connectivity index (χ1n) is 7.84. The van der Waals surface area contributed by atoms with Gasteiger partial charge in [0.2, 0.25) is 5.43 Å². The van der Waals surface area contributed by atoms with E-state index in [2.05, 4.69) is 10.4 Å². The molecule has 0 unspecified atom stereocenters. The van der Waals surface area contributed by atoms with Crippen molar-refractivity contribution in [2.45, 2.75) is 0 Å². The van der Waals surface area contributed by atoms with E-state index >= 15 is 0 Å². The Morgan fingerprint density at radius 2 is 1.89 bits per heavy atom. The zero-order valence-electron chi connectivity index (χ0n) is 14.2. The number of esters is 1. The molecule has 2 aromatic carbocycles. The summed E-state index contributed by atoms with van der Waals surface area (Å²) < 4.78 is 6.06. The molecule has 0 aliphatic rings. The molecular formula is C19H14ClN3O4. The van der Waals surface area contributed by atoms with Crippen molar-refractivity contribution in [3.8, 4) is 5.69 Å². The molecule has 0 fully saturated rings. The summed E-state index contributed by atoms with van der Waals surface area (Å²) in [5, 5.41) is 7.11. The second-order valence-corrected chi connectivity index (χ2v) is 5.88. The standard InChI is InChI=1S/C19H14ClN3O4/c1-27-19(26)14-7-2-3-8-15(14)21-18(25)17-16(24)9-10-23(22-17)13-6-4-5-12(20)11-13/h2-11H,1H3,(H,21,25). The molecule has 0 saturated carbocycles. The number of carbonyl (C=O) groups is 2. The maximum absolute atomic E-state index is 12.6. The van der Waals surface area contributed by atoms with Gasteiger partial charge >= 0.3 is 5.97 Å². The Hall–Kier alpha value is -3.45. The molecule has 1 amide bonds. The minimum absolute atomic E-state index is 0.166. The van der Waals surface area contributed by atoms with Crippen molar-refractivity contribution in [1.29, 1.82) is 0 Å². The SMILES string of the molecule is COC(=O)c1ccccc1NC(=O)c1nn(-c2cccc(Cl)c2)ccc1=O. The Bertz CT molecular complexity index is 1080. The highest BCUT2D eigenvalue weighted by atomic mass is 35.5. The largest absolute Gasteiger partial charge is 0.465 e. The molecular weight excluding hydrogens is 370 g/mol. The van der Waals surface area contributed by atoms with E-state index in [9.17, 15) is 14.4 Å². The van der Waals surface area contributed by atoms with Crippen molar-refractivity contribution in [1.82, 2.24) is 9.78 Å². The van der Waals surface area contributed by atoms with Crippen LogP contribution in [0.5, 0.6) is 0 Å². The smallest absolute Gasteiger partial charge is 0.339 e. The number of methoxy groups -OCH3 is 1. The Morgan fingerprint density at radius 3 is 2.63 bits per heavy atom. The van der Waals surface area contributed by atoms with Crippen molar-refractivity contribution in [2.75, 3.05) is 12.4 Å². The molecule has 136 valence electrons. The van der Waals surface area contributed by atoms with Gasteiger partial charge < -0.3 is 10.1 Å². The summed E-state index contributed by atoms with van der Waals surface area (Å²) in [6, 6.07) is 14.3. The van der Waals surface area contributed by atoms with Gasteiger partial charge in [-0.25, -0.2) is 9.48 Å². The molecule has 7 nitrogen and oxygen atoms in total. The number of para-hydroxylation sites is 1. The number of benzene rings is 2. The van der Waals surface area contributed by atoms with E-state index in [1.165, 1.54) is 36.2 Å². The van der Waals surface area contributed by atoms with Crippen molar-refractivity contribution >= 4 is 29.2 Å². The van der Waals surface area contributed by atoms with Crippen LogP contribution < -0.4 is 10.7 Å². The number of hydrogen-bond donors (Lipinski definition) is 1. The molecule has 0 saturated heterocycles. The number of nitrogens with zero attached hydrogens (tertiary/aromatic N) is 2. The van der Waals surface area contributed by atoms with Crippen molar-refractivity contribution in [2.24, 2.45) is 0 Å². The number of rotatable bonds is 4. The van der Waals surface area contributed by atoms with Gasteiger partial charge in [-0.1, -0.05) is 29.8 Å². The first kappa shape index (κ1) is 18.3. The van der Waals surface area contributed by atoms with E-state index in [-0.39, 0.29) is 16.9 Å². The second-order valence-electron chi connectivity index (χ2n) is 5.44. The zero-order valence-corrected chi connectivity index (χ0v) is 14.9. The molecule has 3 aromatic rings. The minimum atomic E-state index is -0.743. The van der Waals surface area contributed by atoms with E-state index < -0.39 is 17.3 Å². The van der Waals surface area contributed by atoms with Crippen LogP contribution in [0.4, 0.5) is 5.69 Å². The lowest BCUT2D eigenvalue weighted by molar-refractivity contribution is 0.0602. The molecule has 27 heavy (non-hydrogen) atoms. The highest BCUT2D eigenvalue weighted by Crippen LogP contribution is 2.17. The summed E-state index contributed by atoms with van der Waals surface area (Å²) in [5.74, 6) is -1.35. The maximum atomic E-state index is 12.6. The number of ether oxygens (including phenoxy) is 1. The number of nitrogens with one attached hydrogen (secondary N) is 1. The number of hydrogen-bond acceptors (Lipinski definition) is 5. The van der Waals surface area contributed by atoms with Crippen LogP contribution in [-0.4, -0.2) is 28.8 Å². The topological polar surface area (TPSA) is 90.3 Å². The second kappa shape index (κ2) is 7.84. The van der Waals surface area contributed by atoms with Gasteiger partial charge in [-0.05, 0) is 30.3 Å². The van der Waals surface area contributed by atoms with Gasteiger partial charge in [0.15, 0.2) is 5.69 Å². The van der Waals surface area contributed by atoms with Gasteiger partial charge in [-0.3, -0.25) is 9.59 Å². The molecule has 1 N–H and O–H groups in total. The molecule has 0 atom stereocenters. The molecule has 0 aliphatic heterocycles. The van der Waals surface area contributed by atoms with Crippen LogP contribution >= 0.6 is 11.6 Å². The highest BCUT2D eigenvalue weighted by Gasteiger charge is 2.18. The predicted octanol–water partition coefficient (Wildman–Crippen LogP) is 2.92. The average molecular weight is 384 g/mol. The Kier molecular flexibility index (Phi) is 5.33. The minimum Gasteiger partial charge on any atom is -0.465 e. The number of aromatic nitrogens is 2. The van der Waals surface area contributed by atoms with Crippen molar-refractivity contribution in [3.05, 3.63) is 87.3 Å². The fraction of sp³-hybridized carbons (Fsp3) is 0.0526. The molecule has 8 heteroatoms. The maximum Gasteiger partial charge on any atom is 0.339 e. The summed E-state index contributed by atoms with van der Waals surface area (Å²) in [6.45, 7) is 0. The third-order valence-corrected chi connectivity index (χ3v) is 3.91. The first-order chi connectivity index (χ1) is 13.0. The lowest BCUT2D eigenvalue weighted by Gasteiger charge is -2.10. The van der Waals surface area contributed by atoms with E-state index in [4.69, 9.17) is 16.3 Å². The zero-order chi connectivity index (χ0) is 19.4.